The van der Waals surface area contributed by atoms with Gasteiger partial charge >= 0.3 is 0 Å². The number of anilines is 2. The molecule has 0 saturated carbocycles. The molecular formula is C31H33BrN2O4. The average molecular weight is 578 g/mol. The summed E-state index contributed by atoms with van der Waals surface area (Å²) in [6, 6.07) is 19.9. The maximum Gasteiger partial charge on any atom is 0.235 e. The molecule has 3 atom stereocenters. The first-order valence-corrected chi connectivity index (χ1v) is 14.2. The minimum atomic E-state index is -0.524. The molecule has 0 saturated heterocycles. The number of hydrogen-bond donors (Lipinski definition) is 0. The van der Waals surface area contributed by atoms with Crippen molar-refractivity contribution in [1.82, 2.24) is 0 Å². The van der Waals surface area contributed by atoms with Gasteiger partial charge in [0.2, 0.25) is 11.8 Å². The standard InChI is InChI=1S/C31H33BrN2O4/c1-5-33-23-15-11-9-13-20(23)27(30(33)35)26(19-17-22(32)29(38-8-4)25(18-19)37-7-3)28-21-14-10-12-16-24(21)34(6-2)31(28)36/h9-18,26-28H,5-8H2,1-4H3/t26?,27-,28+. The summed E-state index contributed by atoms with van der Waals surface area (Å²) in [6.45, 7) is 9.91. The zero-order valence-corrected chi connectivity index (χ0v) is 23.8. The van der Waals surface area contributed by atoms with Crippen LogP contribution in [0.3, 0.4) is 0 Å². The summed E-state index contributed by atoms with van der Waals surface area (Å²) in [5.74, 6) is -0.242. The van der Waals surface area contributed by atoms with Crippen LogP contribution in [0.1, 0.15) is 62.1 Å². The van der Waals surface area contributed by atoms with Gasteiger partial charge in [0.05, 0.1) is 29.5 Å². The Balaban J connectivity index is 1.77. The highest BCUT2D eigenvalue weighted by molar-refractivity contribution is 9.10. The molecule has 2 aliphatic heterocycles. The number of rotatable bonds is 9. The smallest absolute Gasteiger partial charge is 0.235 e. The average Bonchev–Trinajstić information content (AvgIpc) is 3.36. The Morgan fingerprint density at radius 2 is 1.26 bits per heavy atom. The van der Waals surface area contributed by atoms with E-state index in [4.69, 9.17) is 9.47 Å². The zero-order chi connectivity index (χ0) is 27.0. The minimum absolute atomic E-state index is 0.0156. The number of halogens is 1. The van der Waals surface area contributed by atoms with E-state index >= 15 is 0 Å². The second-order valence-corrected chi connectivity index (χ2v) is 10.3. The van der Waals surface area contributed by atoms with Gasteiger partial charge in [-0.25, -0.2) is 0 Å². The summed E-state index contributed by atoms with van der Waals surface area (Å²) in [5, 5.41) is 0. The van der Waals surface area contributed by atoms with E-state index in [0.717, 1.165) is 32.5 Å². The number of nitrogens with zero attached hydrogens (tertiary/aromatic N) is 2. The Hall–Kier alpha value is -3.32. The molecule has 0 aromatic heterocycles. The lowest BCUT2D eigenvalue weighted by molar-refractivity contribution is -0.121. The summed E-state index contributed by atoms with van der Waals surface area (Å²) >= 11 is 3.70. The van der Waals surface area contributed by atoms with Crippen molar-refractivity contribution in [1.29, 1.82) is 0 Å². The van der Waals surface area contributed by atoms with E-state index < -0.39 is 17.8 Å². The lowest BCUT2D eigenvalue weighted by Crippen LogP contribution is -2.36. The zero-order valence-electron chi connectivity index (χ0n) is 22.2. The molecule has 198 valence electrons. The van der Waals surface area contributed by atoms with Gasteiger partial charge in [-0.15, -0.1) is 0 Å². The van der Waals surface area contributed by atoms with E-state index in [1.165, 1.54) is 0 Å². The number of para-hydroxylation sites is 2. The van der Waals surface area contributed by atoms with Crippen molar-refractivity contribution in [3.05, 3.63) is 81.8 Å². The number of fused-ring (bicyclic) bond motifs is 2. The number of ether oxygens (including phenoxy) is 2. The number of amides is 2. The predicted octanol–water partition coefficient (Wildman–Crippen LogP) is 6.63. The monoisotopic (exact) mass is 576 g/mol. The van der Waals surface area contributed by atoms with Crippen LogP contribution in [-0.2, 0) is 9.59 Å². The largest absolute Gasteiger partial charge is 0.490 e. The number of carbonyl (C=O) groups excluding carboxylic acids is 2. The minimum Gasteiger partial charge on any atom is -0.490 e. The van der Waals surface area contributed by atoms with Crippen LogP contribution in [0, 0.1) is 0 Å². The van der Waals surface area contributed by atoms with Crippen LogP contribution in [-0.4, -0.2) is 38.1 Å². The maximum atomic E-state index is 14.1. The molecule has 3 aromatic carbocycles. The fourth-order valence-electron chi connectivity index (χ4n) is 6.08. The van der Waals surface area contributed by atoms with Gasteiger partial charge in [-0.1, -0.05) is 36.4 Å². The van der Waals surface area contributed by atoms with Crippen LogP contribution >= 0.6 is 15.9 Å². The van der Waals surface area contributed by atoms with Crippen molar-refractivity contribution in [2.75, 3.05) is 36.1 Å². The van der Waals surface area contributed by atoms with Crippen LogP contribution in [0.5, 0.6) is 11.5 Å². The molecule has 0 bridgehead atoms. The topological polar surface area (TPSA) is 59.1 Å². The SMILES string of the molecule is CCOc1cc(C([C@@H]2C(=O)N(CC)c3ccccc32)[C@H]2C(=O)N(CC)c3ccccc32)cc(Br)c1OCC. The van der Waals surface area contributed by atoms with Crippen molar-refractivity contribution in [3.8, 4) is 11.5 Å². The molecule has 2 amide bonds. The Labute approximate surface area is 232 Å². The van der Waals surface area contributed by atoms with Crippen molar-refractivity contribution < 1.29 is 19.1 Å². The normalized spacial score (nSPS) is 19.0. The Bertz CT molecular complexity index is 1300. The van der Waals surface area contributed by atoms with Crippen LogP contribution < -0.4 is 19.3 Å². The third-order valence-corrected chi connectivity index (χ3v) is 8.13. The first kappa shape index (κ1) is 26.3. The van der Waals surface area contributed by atoms with Crippen LogP contribution in [0.25, 0.3) is 0 Å². The molecular weight excluding hydrogens is 544 g/mol. The van der Waals surface area contributed by atoms with E-state index in [1.54, 1.807) is 0 Å². The molecule has 0 aliphatic carbocycles. The van der Waals surface area contributed by atoms with Crippen LogP contribution in [0.2, 0.25) is 0 Å². The highest BCUT2D eigenvalue weighted by Gasteiger charge is 2.51. The fourth-order valence-corrected chi connectivity index (χ4v) is 6.66. The van der Waals surface area contributed by atoms with E-state index in [9.17, 15) is 9.59 Å². The van der Waals surface area contributed by atoms with Gasteiger partial charge in [0.25, 0.3) is 0 Å². The maximum absolute atomic E-state index is 14.1. The molecule has 0 fully saturated rings. The predicted molar refractivity (Wildman–Crippen MR) is 154 cm³/mol. The van der Waals surface area contributed by atoms with Crippen LogP contribution in [0.4, 0.5) is 11.4 Å². The fraction of sp³-hybridized carbons (Fsp3) is 0.355. The van der Waals surface area contributed by atoms with Crippen molar-refractivity contribution in [3.63, 3.8) is 0 Å². The van der Waals surface area contributed by atoms with Gasteiger partial charge in [0.1, 0.15) is 0 Å². The van der Waals surface area contributed by atoms with Crippen molar-refractivity contribution in [2.24, 2.45) is 0 Å². The van der Waals surface area contributed by atoms with E-state index in [1.807, 2.05) is 98.2 Å². The molecule has 5 rings (SSSR count). The summed E-state index contributed by atoms with van der Waals surface area (Å²) in [5.41, 5.74) is 4.59. The summed E-state index contributed by atoms with van der Waals surface area (Å²) in [7, 11) is 0. The molecule has 3 aromatic rings. The third kappa shape index (κ3) is 4.17. The summed E-state index contributed by atoms with van der Waals surface area (Å²) in [4.78, 5) is 31.9. The number of carbonyl (C=O) groups is 2. The first-order valence-electron chi connectivity index (χ1n) is 13.4. The highest BCUT2D eigenvalue weighted by Crippen LogP contribution is 2.55. The van der Waals surface area contributed by atoms with Gasteiger partial charge < -0.3 is 19.3 Å². The lowest BCUT2D eigenvalue weighted by Gasteiger charge is -2.30. The second-order valence-electron chi connectivity index (χ2n) is 9.46. The first-order chi connectivity index (χ1) is 18.5. The Kier molecular flexibility index (Phi) is 7.48. The van der Waals surface area contributed by atoms with Crippen molar-refractivity contribution in [2.45, 2.75) is 45.4 Å². The molecule has 1 unspecified atom stereocenters. The summed E-state index contributed by atoms with van der Waals surface area (Å²) < 4.78 is 12.7. The van der Waals surface area contributed by atoms with E-state index in [2.05, 4.69) is 15.9 Å². The molecule has 7 heteroatoms. The molecule has 0 spiro atoms. The Morgan fingerprint density at radius 1 is 0.763 bits per heavy atom. The van der Waals surface area contributed by atoms with E-state index in [-0.39, 0.29) is 11.8 Å². The van der Waals surface area contributed by atoms with Gasteiger partial charge in [0.15, 0.2) is 11.5 Å². The van der Waals surface area contributed by atoms with Crippen LogP contribution in [0.15, 0.2) is 65.1 Å². The number of hydrogen-bond acceptors (Lipinski definition) is 4. The number of benzene rings is 3. The molecule has 0 N–H and O–H groups in total. The quantitative estimate of drug-likeness (QED) is 0.287. The molecule has 2 aliphatic rings. The Morgan fingerprint density at radius 3 is 1.74 bits per heavy atom. The molecule has 2 heterocycles. The van der Waals surface area contributed by atoms with Gasteiger partial charge in [-0.2, -0.15) is 0 Å². The number of likely N-dealkylation sites (N-methyl/N-ethyl adjacent to an activating group) is 2. The third-order valence-electron chi connectivity index (χ3n) is 7.55. The van der Waals surface area contributed by atoms with E-state index in [0.29, 0.717) is 37.8 Å². The van der Waals surface area contributed by atoms with Gasteiger partial charge in [-0.05, 0) is 84.6 Å². The summed E-state index contributed by atoms with van der Waals surface area (Å²) in [6.07, 6.45) is 0. The van der Waals surface area contributed by atoms with Crippen molar-refractivity contribution >= 4 is 39.1 Å². The van der Waals surface area contributed by atoms with Gasteiger partial charge in [-0.3, -0.25) is 9.59 Å². The molecule has 0 radical (unpaired) electrons. The molecule has 6 nitrogen and oxygen atoms in total. The second kappa shape index (κ2) is 10.8. The molecule has 38 heavy (non-hydrogen) atoms. The lowest BCUT2D eigenvalue weighted by atomic mass is 9.72. The van der Waals surface area contributed by atoms with Gasteiger partial charge in [0, 0.05) is 30.4 Å². The highest BCUT2D eigenvalue weighted by atomic mass is 79.9.